The molecule has 3 amide bonds. The summed E-state index contributed by atoms with van der Waals surface area (Å²) >= 11 is 0. The van der Waals surface area contributed by atoms with Crippen LogP contribution in [0.3, 0.4) is 0 Å². The number of hydrogen-bond donors (Lipinski definition) is 3. The largest absolute Gasteiger partial charge is 0.383 e. The first-order valence-corrected chi connectivity index (χ1v) is 5.99. The molecule has 0 saturated heterocycles. The molecule has 0 aromatic heterocycles. The molecule has 3 N–H and O–H groups in total. The molecule has 0 radical (unpaired) electrons. The van der Waals surface area contributed by atoms with Gasteiger partial charge in [-0.05, 0) is 5.56 Å². The van der Waals surface area contributed by atoms with E-state index in [0.29, 0.717) is 13.2 Å². The lowest BCUT2D eigenvalue weighted by Crippen LogP contribution is -2.44. The van der Waals surface area contributed by atoms with E-state index in [2.05, 4.69) is 16.0 Å². The van der Waals surface area contributed by atoms with Gasteiger partial charge >= 0.3 is 6.03 Å². The lowest BCUT2D eigenvalue weighted by molar-refractivity contribution is -0.122. The van der Waals surface area contributed by atoms with E-state index < -0.39 is 18.0 Å². The third kappa shape index (κ3) is 5.07. The van der Waals surface area contributed by atoms with Crippen LogP contribution in [0.15, 0.2) is 30.3 Å². The number of imide groups is 1. The number of amides is 3. The first kappa shape index (κ1) is 15.1. The van der Waals surface area contributed by atoms with Gasteiger partial charge in [0.2, 0.25) is 5.91 Å². The molecule has 0 aliphatic heterocycles. The van der Waals surface area contributed by atoms with Crippen LogP contribution in [0.2, 0.25) is 0 Å². The average molecular weight is 265 g/mol. The molecular weight excluding hydrogens is 246 g/mol. The molecule has 104 valence electrons. The van der Waals surface area contributed by atoms with E-state index >= 15 is 0 Å². The van der Waals surface area contributed by atoms with Crippen molar-refractivity contribution in [1.29, 1.82) is 0 Å². The van der Waals surface area contributed by atoms with E-state index in [-0.39, 0.29) is 0 Å². The molecule has 1 aromatic rings. The smallest absolute Gasteiger partial charge is 0.321 e. The summed E-state index contributed by atoms with van der Waals surface area (Å²) in [5.41, 5.74) is 0.792. The summed E-state index contributed by atoms with van der Waals surface area (Å²) in [5, 5.41) is 7.66. The van der Waals surface area contributed by atoms with Crippen molar-refractivity contribution in [3.8, 4) is 0 Å². The van der Waals surface area contributed by atoms with Crippen molar-refractivity contribution in [3.63, 3.8) is 0 Å². The van der Waals surface area contributed by atoms with Crippen LogP contribution < -0.4 is 16.0 Å². The number of carbonyl (C=O) groups excluding carboxylic acids is 2. The second-order valence-corrected chi connectivity index (χ2v) is 3.86. The average Bonchev–Trinajstić information content (AvgIpc) is 2.44. The molecule has 6 heteroatoms. The van der Waals surface area contributed by atoms with Gasteiger partial charge in [-0.15, -0.1) is 0 Å². The molecule has 1 rings (SSSR count). The minimum atomic E-state index is -0.589. The van der Waals surface area contributed by atoms with Gasteiger partial charge < -0.3 is 10.1 Å². The fourth-order valence-corrected chi connectivity index (χ4v) is 1.56. The van der Waals surface area contributed by atoms with Gasteiger partial charge in [-0.1, -0.05) is 30.3 Å². The van der Waals surface area contributed by atoms with Crippen LogP contribution in [0.25, 0.3) is 0 Å². The highest BCUT2D eigenvalue weighted by Gasteiger charge is 2.21. The van der Waals surface area contributed by atoms with Crippen LogP contribution >= 0.6 is 0 Å². The number of urea groups is 1. The maximum Gasteiger partial charge on any atom is 0.321 e. The number of methoxy groups -OCH3 is 1. The zero-order valence-electron chi connectivity index (χ0n) is 11.1. The Morgan fingerprint density at radius 1 is 1.26 bits per heavy atom. The lowest BCUT2D eigenvalue weighted by atomic mass is 10.1. The standard InChI is InChI=1S/C13H19N3O3/c1-14-13(18)16-12(17)11(15-8-9-19-2)10-6-4-3-5-7-10/h3-7,11,15H,8-9H2,1-2H3,(H2,14,16,17,18)/t11-/m1/s1. The molecule has 0 heterocycles. The Morgan fingerprint density at radius 3 is 2.53 bits per heavy atom. The highest BCUT2D eigenvalue weighted by Crippen LogP contribution is 2.12. The Morgan fingerprint density at radius 2 is 1.95 bits per heavy atom. The second-order valence-electron chi connectivity index (χ2n) is 3.86. The van der Waals surface area contributed by atoms with Crippen LogP contribution in [-0.2, 0) is 9.53 Å². The quantitative estimate of drug-likeness (QED) is 0.651. The molecule has 0 bridgehead atoms. The van der Waals surface area contributed by atoms with E-state index in [9.17, 15) is 9.59 Å². The van der Waals surface area contributed by atoms with Crippen molar-refractivity contribution in [1.82, 2.24) is 16.0 Å². The number of nitrogens with one attached hydrogen (secondary N) is 3. The molecule has 0 unspecified atom stereocenters. The third-order valence-corrected chi connectivity index (χ3v) is 2.51. The highest BCUT2D eigenvalue weighted by atomic mass is 16.5. The molecule has 0 aliphatic carbocycles. The summed E-state index contributed by atoms with van der Waals surface area (Å²) < 4.78 is 4.94. The Balaban J connectivity index is 2.74. The third-order valence-electron chi connectivity index (χ3n) is 2.51. The summed E-state index contributed by atoms with van der Waals surface area (Å²) in [6.07, 6.45) is 0. The predicted molar refractivity (Wildman–Crippen MR) is 71.7 cm³/mol. The molecule has 0 saturated carbocycles. The Hall–Kier alpha value is -1.92. The highest BCUT2D eigenvalue weighted by molar-refractivity contribution is 5.97. The molecule has 1 aromatic carbocycles. The van der Waals surface area contributed by atoms with E-state index in [1.807, 2.05) is 30.3 Å². The molecule has 1 atom stereocenters. The van der Waals surface area contributed by atoms with Crippen LogP contribution in [0.1, 0.15) is 11.6 Å². The van der Waals surface area contributed by atoms with Crippen molar-refractivity contribution in [2.24, 2.45) is 0 Å². The topological polar surface area (TPSA) is 79.5 Å². The Labute approximate surface area is 112 Å². The molecule has 0 spiro atoms. The summed E-state index contributed by atoms with van der Waals surface area (Å²) in [5.74, 6) is -0.401. The fourth-order valence-electron chi connectivity index (χ4n) is 1.56. The number of benzene rings is 1. The number of ether oxygens (including phenoxy) is 1. The molecule has 0 fully saturated rings. The summed E-state index contributed by atoms with van der Waals surface area (Å²) in [6.45, 7) is 0.994. The SMILES string of the molecule is CNC(=O)NC(=O)[C@H](NCCOC)c1ccccc1. The Kier molecular flexibility index (Phi) is 6.56. The first-order valence-electron chi connectivity index (χ1n) is 5.99. The lowest BCUT2D eigenvalue weighted by Gasteiger charge is -2.18. The van der Waals surface area contributed by atoms with Gasteiger partial charge in [0.25, 0.3) is 0 Å². The second kappa shape index (κ2) is 8.23. The maximum atomic E-state index is 12.0. The zero-order chi connectivity index (χ0) is 14.1. The van der Waals surface area contributed by atoms with Crippen molar-refractivity contribution >= 4 is 11.9 Å². The van der Waals surface area contributed by atoms with Crippen molar-refractivity contribution in [3.05, 3.63) is 35.9 Å². The van der Waals surface area contributed by atoms with Gasteiger partial charge in [-0.3, -0.25) is 15.4 Å². The van der Waals surface area contributed by atoms with Crippen molar-refractivity contribution in [2.45, 2.75) is 6.04 Å². The van der Waals surface area contributed by atoms with E-state index in [0.717, 1.165) is 5.56 Å². The van der Waals surface area contributed by atoms with Gasteiger partial charge in [0.15, 0.2) is 0 Å². The summed E-state index contributed by atoms with van der Waals surface area (Å²) in [4.78, 5) is 23.2. The molecular formula is C13H19N3O3. The van der Waals surface area contributed by atoms with E-state index in [1.54, 1.807) is 7.11 Å². The number of hydrogen-bond acceptors (Lipinski definition) is 4. The summed E-state index contributed by atoms with van der Waals surface area (Å²) in [7, 11) is 3.04. The van der Waals surface area contributed by atoms with Gasteiger partial charge in [-0.2, -0.15) is 0 Å². The minimum absolute atomic E-state index is 0.401. The van der Waals surface area contributed by atoms with Crippen LogP contribution in [-0.4, -0.2) is 39.2 Å². The van der Waals surface area contributed by atoms with Crippen molar-refractivity contribution < 1.29 is 14.3 Å². The van der Waals surface area contributed by atoms with Crippen LogP contribution in [0.4, 0.5) is 4.79 Å². The van der Waals surface area contributed by atoms with Gasteiger partial charge in [-0.25, -0.2) is 4.79 Å². The van der Waals surface area contributed by atoms with Crippen molar-refractivity contribution in [2.75, 3.05) is 27.3 Å². The van der Waals surface area contributed by atoms with Crippen LogP contribution in [0.5, 0.6) is 0 Å². The monoisotopic (exact) mass is 265 g/mol. The van der Waals surface area contributed by atoms with E-state index in [1.165, 1.54) is 7.05 Å². The fraction of sp³-hybridized carbons (Fsp3) is 0.385. The first-order chi connectivity index (χ1) is 9.19. The van der Waals surface area contributed by atoms with Gasteiger partial charge in [0, 0.05) is 20.7 Å². The zero-order valence-corrected chi connectivity index (χ0v) is 11.1. The van der Waals surface area contributed by atoms with Crippen LogP contribution in [0, 0.1) is 0 Å². The van der Waals surface area contributed by atoms with Gasteiger partial charge in [0.1, 0.15) is 6.04 Å². The van der Waals surface area contributed by atoms with E-state index in [4.69, 9.17) is 4.74 Å². The maximum absolute atomic E-state index is 12.0. The minimum Gasteiger partial charge on any atom is -0.383 e. The Bertz CT molecular complexity index is 409. The van der Waals surface area contributed by atoms with Gasteiger partial charge in [0.05, 0.1) is 6.61 Å². The number of rotatable bonds is 6. The number of carbonyl (C=O) groups is 2. The molecule has 6 nitrogen and oxygen atoms in total. The predicted octanol–water partition coefficient (Wildman–Crippen LogP) is 0.419. The molecule has 0 aliphatic rings. The normalized spacial score (nSPS) is 11.7. The summed E-state index contributed by atoms with van der Waals surface area (Å²) in [6, 6.07) is 8.09. The molecule has 19 heavy (non-hydrogen) atoms.